The van der Waals surface area contributed by atoms with Gasteiger partial charge in [0, 0.05) is 43.5 Å². The molecule has 6 heteroatoms. The number of hydrogen-bond donors (Lipinski definition) is 0. The lowest BCUT2D eigenvalue weighted by Crippen LogP contribution is -2.37. The summed E-state index contributed by atoms with van der Waals surface area (Å²) in [6, 6.07) is 10.1. The molecule has 2 aromatic heterocycles. The molecule has 0 saturated carbocycles. The standard InChI is InChI=1S/C20H20N2O4/c1-13-11-21-9-8-16(13)12-22(3)20(24)14(2)25-17-6-4-15-5-7-19(23)26-18(15)10-17/h4-11,14H,12H2,1-3H3. The molecule has 134 valence electrons. The summed E-state index contributed by atoms with van der Waals surface area (Å²) in [5.41, 5.74) is 2.07. The minimum atomic E-state index is -0.671. The minimum Gasteiger partial charge on any atom is -0.481 e. The van der Waals surface area contributed by atoms with E-state index in [1.54, 1.807) is 55.5 Å². The van der Waals surface area contributed by atoms with Gasteiger partial charge >= 0.3 is 5.63 Å². The van der Waals surface area contributed by atoms with Gasteiger partial charge in [0.2, 0.25) is 0 Å². The topological polar surface area (TPSA) is 72.6 Å². The number of hydrogen-bond acceptors (Lipinski definition) is 5. The summed E-state index contributed by atoms with van der Waals surface area (Å²) in [7, 11) is 1.74. The third-order valence-electron chi connectivity index (χ3n) is 4.18. The van der Waals surface area contributed by atoms with E-state index in [1.165, 1.54) is 6.07 Å². The summed E-state index contributed by atoms with van der Waals surface area (Å²) in [6.07, 6.45) is 2.81. The fraction of sp³-hybridized carbons (Fsp3) is 0.250. The van der Waals surface area contributed by atoms with Crippen molar-refractivity contribution < 1.29 is 13.9 Å². The predicted molar refractivity (Wildman–Crippen MR) is 98.0 cm³/mol. The largest absolute Gasteiger partial charge is 0.481 e. The first kappa shape index (κ1) is 17.7. The highest BCUT2D eigenvalue weighted by atomic mass is 16.5. The maximum absolute atomic E-state index is 12.6. The number of aromatic nitrogens is 1. The molecule has 1 unspecified atom stereocenters. The molecule has 3 aromatic rings. The highest BCUT2D eigenvalue weighted by molar-refractivity contribution is 5.81. The van der Waals surface area contributed by atoms with Crippen molar-refractivity contribution >= 4 is 16.9 Å². The van der Waals surface area contributed by atoms with Gasteiger partial charge in [-0.2, -0.15) is 0 Å². The molecular weight excluding hydrogens is 332 g/mol. The second-order valence-electron chi connectivity index (χ2n) is 6.21. The van der Waals surface area contributed by atoms with Crippen molar-refractivity contribution in [2.45, 2.75) is 26.5 Å². The summed E-state index contributed by atoms with van der Waals surface area (Å²) in [5, 5.41) is 0.793. The van der Waals surface area contributed by atoms with Crippen molar-refractivity contribution in [1.29, 1.82) is 0 Å². The van der Waals surface area contributed by atoms with E-state index in [2.05, 4.69) is 4.98 Å². The Morgan fingerprint density at radius 1 is 1.27 bits per heavy atom. The minimum absolute atomic E-state index is 0.143. The zero-order valence-electron chi connectivity index (χ0n) is 14.9. The molecule has 1 amide bonds. The molecule has 26 heavy (non-hydrogen) atoms. The van der Waals surface area contributed by atoms with Gasteiger partial charge in [0.05, 0.1) is 0 Å². The number of nitrogens with zero attached hydrogens (tertiary/aromatic N) is 2. The highest BCUT2D eigenvalue weighted by Gasteiger charge is 2.20. The molecule has 0 aliphatic rings. The monoisotopic (exact) mass is 352 g/mol. The van der Waals surface area contributed by atoms with Crippen LogP contribution in [-0.4, -0.2) is 28.9 Å². The molecule has 6 nitrogen and oxygen atoms in total. The molecule has 2 heterocycles. The zero-order chi connectivity index (χ0) is 18.7. The van der Waals surface area contributed by atoms with Crippen LogP contribution in [-0.2, 0) is 11.3 Å². The van der Waals surface area contributed by atoms with E-state index in [4.69, 9.17) is 9.15 Å². The van der Waals surface area contributed by atoms with Gasteiger partial charge in [-0.05, 0) is 49.2 Å². The highest BCUT2D eigenvalue weighted by Crippen LogP contribution is 2.21. The Labute approximate surface area is 151 Å². The van der Waals surface area contributed by atoms with E-state index < -0.39 is 11.7 Å². The van der Waals surface area contributed by atoms with Crippen LogP contribution in [0.2, 0.25) is 0 Å². The third-order valence-corrected chi connectivity index (χ3v) is 4.18. The lowest BCUT2D eigenvalue weighted by molar-refractivity contribution is -0.137. The average Bonchev–Trinajstić information content (AvgIpc) is 2.62. The molecule has 0 bridgehead atoms. The summed E-state index contributed by atoms with van der Waals surface area (Å²) in [5.74, 6) is 0.331. The quantitative estimate of drug-likeness (QED) is 0.660. The van der Waals surface area contributed by atoms with Crippen LogP contribution in [0, 0.1) is 6.92 Å². The van der Waals surface area contributed by atoms with E-state index in [-0.39, 0.29) is 5.91 Å². The van der Waals surface area contributed by atoms with Crippen LogP contribution in [0.15, 0.2) is 58.0 Å². The van der Waals surface area contributed by atoms with E-state index in [0.29, 0.717) is 17.9 Å². The van der Waals surface area contributed by atoms with E-state index in [1.807, 2.05) is 13.0 Å². The van der Waals surface area contributed by atoms with Crippen molar-refractivity contribution in [3.8, 4) is 5.75 Å². The van der Waals surface area contributed by atoms with Crippen LogP contribution >= 0.6 is 0 Å². The fourth-order valence-corrected chi connectivity index (χ4v) is 2.69. The Morgan fingerprint density at radius 2 is 2.04 bits per heavy atom. The predicted octanol–water partition coefficient (Wildman–Crippen LogP) is 2.92. The Bertz CT molecular complexity index is 996. The molecule has 0 radical (unpaired) electrons. The molecule has 0 aliphatic carbocycles. The van der Waals surface area contributed by atoms with Crippen molar-refractivity contribution in [1.82, 2.24) is 9.88 Å². The SMILES string of the molecule is Cc1cnccc1CN(C)C(=O)C(C)Oc1ccc2ccc(=O)oc2c1. The number of carbonyl (C=O) groups excluding carboxylic acids is 1. The lowest BCUT2D eigenvalue weighted by atomic mass is 10.1. The Balaban J connectivity index is 1.70. The summed E-state index contributed by atoms with van der Waals surface area (Å²) >= 11 is 0. The van der Waals surface area contributed by atoms with Gasteiger partial charge in [-0.3, -0.25) is 9.78 Å². The van der Waals surface area contributed by atoms with Gasteiger partial charge in [0.1, 0.15) is 11.3 Å². The van der Waals surface area contributed by atoms with Gasteiger partial charge < -0.3 is 14.1 Å². The molecule has 0 saturated heterocycles. The Kier molecular flexibility index (Phi) is 5.02. The second kappa shape index (κ2) is 7.39. The van der Waals surface area contributed by atoms with Crippen LogP contribution in [0.5, 0.6) is 5.75 Å². The van der Waals surface area contributed by atoms with Crippen molar-refractivity contribution in [3.63, 3.8) is 0 Å². The van der Waals surface area contributed by atoms with Gasteiger partial charge in [-0.1, -0.05) is 0 Å². The van der Waals surface area contributed by atoms with Crippen LogP contribution in [0.3, 0.4) is 0 Å². The van der Waals surface area contributed by atoms with Crippen molar-refractivity contribution in [2.24, 2.45) is 0 Å². The van der Waals surface area contributed by atoms with Gasteiger partial charge in [-0.25, -0.2) is 4.79 Å². The molecule has 0 fully saturated rings. The smallest absolute Gasteiger partial charge is 0.336 e. The number of aryl methyl sites for hydroxylation is 1. The van der Waals surface area contributed by atoms with Gasteiger partial charge in [0.25, 0.3) is 5.91 Å². The molecule has 1 atom stereocenters. The van der Waals surface area contributed by atoms with E-state index in [0.717, 1.165) is 16.5 Å². The van der Waals surface area contributed by atoms with Crippen LogP contribution in [0.25, 0.3) is 11.0 Å². The number of benzene rings is 1. The first-order chi connectivity index (χ1) is 12.4. The summed E-state index contributed by atoms with van der Waals surface area (Å²) < 4.78 is 10.9. The third kappa shape index (κ3) is 3.91. The number of amides is 1. The summed E-state index contributed by atoms with van der Waals surface area (Å²) in [6.45, 7) is 4.14. The first-order valence-electron chi connectivity index (χ1n) is 8.29. The van der Waals surface area contributed by atoms with Gasteiger partial charge in [0.15, 0.2) is 6.10 Å². The van der Waals surface area contributed by atoms with Crippen LogP contribution in [0.4, 0.5) is 0 Å². The lowest BCUT2D eigenvalue weighted by Gasteiger charge is -2.23. The van der Waals surface area contributed by atoms with E-state index in [9.17, 15) is 9.59 Å². The maximum atomic E-state index is 12.6. The fourth-order valence-electron chi connectivity index (χ4n) is 2.69. The summed E-state index contributed by atoms with van der Waals surface area (Å²) in [4.78, 5) is 29.6. The maximum Gasteiger partial charge on any atom is 0.336 e. The molecule has 0 aliphatic heterocycles. The number of fused-ring (bicyclic) bond motifs is 1. The first-order valence-corrected chi connectivity index (χ1v) is 8.29. The zero-order valence-corrected chi connectivity index (χ0v) is 14.9. The molecule has 3 rings (SSSR count). The average molecular weight is 352 g/mol. The normalized spacial score (nSPS) is 12.0. The molecule has 0 N–H and O–H groups in total. The second-order valence-corrected chi connectivity index (χ2v) is 6.21. The number of ether oxygens (including phenoxy) is 1. The number of carbonyl (C=O) groups is 1. The molecular formula is C20H20N2O4. The number of rotatable bonds is 5. The molecule has 0 spiro atoms. The van der Waals surface area contributed by atoms with E-state index >= 15 is 0 Å². The number of pyridine rings is 1. The Hall–Kier alpha value is -3.15. The van der Waals surface area contributed by atoms with Gasteiger partial charge in [-0.15, -0.1) is 0 Å². The van der Waals surface area contributed by atoms with Crippen LogP contribution in [0.1, 0.15) is 18.1 Å². The number of likely N-dealkylation sites (N-methyl/N-ethyl adjacent to an activating group) is 1. The van der Waals surface area contributed by atoms with Crippen LogP contribution < -0.4 is 10.4 Å². The molecule has 1 aromatic carbocycles. The Morgan fingerprint density at radius 3 is 2.81 bits per heavy atom. The van der Waals surface area contributed by atoms with Crippen molar-refractivity contribution in [2.75, 3.05) is 7.05 Å². The van der Waals surface area contributed by atoms with Crippen molar-refractivity contribution in [3.05, 3.63) is 70.3 Å².